The molecule has 1 aliphatic rings. The average Bonchev–Trinajstić information content (AvgIpc) is 2.97. The summed E-state index contributed by atoms with van der Waals surface area (Å²) in [5.41, 5.74) is 2.49. The van der Waals surface area contributed by atoms with Gasteiger partial charge in [0.25, 0.3) is 0 Å². The van der Waals surface area contributed by atoms with Crippen molar-refractivity contribution in [3.63, 3.8) is 0 Å². The van der Waals surface area contributed by atoms with Gasteiger partial charge >= 0.3 is 0 Å². The molecule has 1 aromatic carbocycles. The molecule has 1 unspecified atom stereocenters. The van der Waals surface area contributed by atoms with Crippen LogP contribution in [0.2, 0.25) is 0 Å². The van der Waals surface area contributed by atoms with E-state index in [0.29, 0.717) is 12.2 Å². The third-order valence-electron chi connectivity index (χ3n) is 3.63. The number of fused-ring (bicyclic) bond motifs is 1. The van der Waals surface area contributed by atoms with Crippen LogP contribution in [0.4, 0.5) is 0 Å². The van der Waals surface area contributed by atoms with E-state index in [0.717, 1.165) is 19.4 Å². The minimum atomic E-state index is -0.107. The van der Waals surface area contributed by atoms with Gasteiger partial charge in [-0.1, -0.05) is 30.3 Å². The molecule has 98 valence electrons. The SMILES string of the molecule is O=C(CCc1cccs1)C1NCCc2ccccc21. The first-order valence-corrected chi connectivity index (χ1v) is 7.59. The largest absolute Gasteiger partial charge is 0.303 e. The van der Waals surface area contributed by atoms with Crippen molar-refractivity contribution in [2.75, 3.05) is 6.54 Å². The van der Waals surface area contributed by atoms with Gasteiger partial charge in [0.2, 0.25) is 0 Å². The minimum absolute atomic E-state index is 0.107. The van der Waals surface area contributed by atoms with Gasteiger partial charge in [-0.2, -0.15) is 0 Å². The molecule has 1 aromatic heterocycles. The third kappa shape index (κ3) is 2.77. The van der Waals surface area contributed by atoms with Gasteiger partial charge in [0, 0.05) is 17.8 Å². The van der Waals surface area contributed by atoms with Gasteiger partial charge in [0.1, 0.15) is 0 Å². The number of ketones is 1. The molecule has 0 bridgehead atoms. The average molecular weight is 271 g/mol. The van der Waals surface area contributed by atoms with Gasteiger partial charge < -0.3 is 5.32 Å². The molecular weight excluding hydrogens is 254 g/mol. The van der Waals surface area contributed by atoms with Crippen LogP contribution in [0.1, 0.15) is 28.5 Å². The lowest BCUT2D eigenvalue weighted by Crippen LogP contribution is -2.35. The predicted octanol–water partition coefficient (Wildman–Crippen LogP) is 3.14. The van der Waals surface area contributed by atoms with E-state index in [-0.39, 0.29) is 6.04 Å². The highest BCUT2D eigenvalue weighted by Crippen LogP contribution is 2.25. The van der Waals surface area contributed by atoms with Crippen LogP contribution < -0.4 is 5.32 Å². The van der Waals surface area contributed by atoms with Crippen LogP contribution in [0, 0.1) is 0 Å². The van der Waals surface area contributed by atoms with Crippen molar-refractivity contribution in [1.82, 2.24) is 5.32 Å². The van der Waals surface area contributed by atoms with Crippen LogP contribution in [0.5, 0.6) is 0 Å². The molecule has 0 radical (unpaired) electrons. The Morgan fingerprint density at radius 1 is 1.26 bits per heavy atom. The van der Waals surface area contributed by atoms with E-state index >= 15 is 0 Å². The smallest absolute Gasteiger partial charge is 0.154 e. The highest BCUT2D eigenvalue weighted by atomic mass is 32.1. The standard InChI is InChI=1S/C16H17NOS/c18-15(8-7-13-5-3-11-19-13)16-14-6-2-1-4-12(14)9-10-17-16/h1-6,11,16-17H,7-10H2. The number of rotatable bonds is 4. The summed E-state index contributed by atoms with van der Waals surface area (Å²) in [7, 11) is 0. The minimum Gasteiger partial charge on any atom is -0.303 e. The summed E-state index contributed by atoms with van der Waals surface area (Å²) >= 11 is 1.72. The zero-order valence-electron chi connectivity index (χ0n) is 10.8. The van der Waals surface area contributed by atoms with E-state index in [1.54, 1.807) is 11.3 Å². The molecule has 19 heavy (non-hydrogen) atoms. The zero-order chi connectivity index (χ0) is 13.1. The van der Waals surface area contributed by atoms with Crippen molar-refractivity contribution in [3.8, 4) is 0 Å². The van der Waals surface area contributed by atoms with Crippen molar-refractivity contribution in [1.29, 1.82) is 0 Å². The second-order valence-electron chi connectivity index (χ2n) is 4.88. The first kappa shape index (κ1) is 12.6. The molecule has 0 saturated carbocycles. The number of Topliss-reactive ketones (excluding diaryl/α,β-unsaturated/α-hetero) is 1. The Hall–Kier alpha value is -1.45. The van der Waals surface area contributed by atoms with Gasteiger partial charge in [-0.25, -0.2) is 0 Å². The highest BCUT2D eigenvalue weighted by Gasteiger charge is 2.25. The first-order chi connectivity index (χ1) is 9.34. The maximum absolute atomic E-state index is 12.4. The molecular formula is C16H17NOS. The van der Waals surface area contributed by atoms with Gasteiger partial charge in [-0.15, -0.1) is 11.3 Å². The number of hydrogen-bond donors (Lipinski definition) is 1. The van der Waals surface area contributed by atoms with Crippen molar-refractivity contribution in [2.45, 2.75) is 25.3 Å². The molecule has 3 rings (SSSR count). The Morgan fingerprint density at radius 2 is 2.16 bits per heavy atom. The number of hydrogen-bond acceptors (Lipinski definition) is 3. The topological polar surface area (TPSA) is 29.1 Å². The van der Waals surface area contributed by atoms with Crippen LogP contribution in [0.15, 0.2) is 41.8 Å². The number of nitrogens with one attached hydrogen (secondary N) is 1. The maximum atomic E-state index is 12.4. The van der Waals surface area contributed by atoms with Gasteiger partial charge in [0.05, 0.1) is 6.04 Å². The summed E-state index contributed by atoms with van der Waals surface area (Å²) in [5, 5.41) is 5.42. The Bertz CT molecular complexity index is 562. The number of carbonyl (C=O) groups excluding carboxylic acids is 1. The molecule has 0 spiro atoms. The Kier molecular flexibility index (Phi) is 3.76. The number of benzene rings is 1. The van der Waals surface area contributed by atoms with Crippen molar-refractivity contribution in [3.05, 3.63) is 57.8 Å². The van der Waals surface area contributed by atoms with E-state index in [9.17, 15) is 4.79 Å². The number of aryl methyl sites for hydroxylation is 1. The van der Waals surface area contributed by atoms with E-state index < -0.39 is 0 Å². The van der Waals surface area contributed by atoms with Crippen molar-refractivity contribution < 1.29 is 4.79 Å². The lowest BCUT2D eigenvalue weighted by molar-refractivity contribution is -0.121. The fraction of sp³-hybridized carbons (Fsp3) is 0.312. The molecule has 2 heterocycles. The number of thiophene rings is 1. The summed E-state index contributed by atoms with van der Waals surface area (Å²) in [6.45, 7) is 0.895. The molecule has 0 aliphatic carbocycles. The second-order valence-corrected chi connectivity index (χ2v) is 5.91. The zero-order valence-corrected chi connectivity index (χ0v) is 11.6. The fourth-order valence-electron chi connectivity index (χ4n) is 2.64. The Morgan fingerprint density at radius 3 is 3.00 bits per heavy atom. The van der Waals surface area contributed by atoms with Crippen molar-refractivity contribution in [2.24, 2.45) is 0 Å². The van der Waals surface area contributed by atoms with Gasteiger partial charge in [0.15, 0.2) is 5.78 Å². The summed E-state index contributed by atoms with van der Waals surface area (Å²) in [6, 6.07) is 12.3. The molecule has 2 nitrogen and oxygen atoms in total. The van der Waals surface area contributed by atoms with E-state index in [1.807, 2.05) is 12.1 Å². The van der Waals surface area contributed by atoms with E-state index in [2.05, 4.69) is 35.0 Å². The summed E-state index contributed by atoms with van der Waals surface area (Å²) in [4.78, 5) is 13.7. The van der Waals surface area contributed by atoms with Gasteiger partial charge in [-0.05, 0) is 35.4 Å². The summed E-state index contributed by atoms with van der Waals surface area (Å²) < 4.78 is 0. The van der Waals surface area contributed by atoms with Crippen LogP contribution in [0.25, 0.3) is 0 Å². The fourth-order valence-corrected chi connectivity index (χ4v) is 3.35. The van der Waals surface area contributed by atoms with Crippen LogP contribution in [-0.2, 0) is 17.6 Å². The first-order valence-electron chi connectivity index (χ1n) is 6.71. The normalized spacial score (nSPS) is 18.0. The third-order valence-corrected chi connectivity index (χ3v) is 4.56. The van der Waals surface area contributed by atoms with Crippen molar-refractivity contribution >= 4 is 17.1 Å². The monoisotopic (exact) mass is 271 g/mol. The molecule has 0 fully saturated rings. The van der Waals surface area contributed by atoms with Crippen LogP contribution >= 0.6 is 11.3 Å². The molecule has 1 aliphatic heterocycles. The molecule has 3 heteroatoms. The molecule has 0 saturated heterocycles. The predicted molar refractivity (Wildman–Crippen MR) is 78.5 cm³/mol. The number of carbonyl (C=O) groups is 1. The molecule has 2 aromatic rings. The quantitative estimate of drug-likeness (QED) is 0.925. The van der Waals surface area contributed by atoms with E-state index in [1.165, 1.54) is 16.0 Å². The highest BCUT2D eigenvalue weighted by molar-refractivity contribution is 7.09. The lowest BCUT2D eigenvalue weighted by atomic mass is 9.90. The summed E-state index contributed by atoms with van der Waals surface area (Å²) in [5.74, 6) is 0.306. The second kappa shape index (κ2) is 5.68. The van der Waals surface area contributed by atoms with Gasteiger partial charge in [-0.3, -0.25) is 4.79 Å². The molecule has 1 atom stereocenters. The molecule has 0 amide bonds. The van der Waals surface area contributed by atoms with Crippen LogP contribution in [0.3, 0.4) is 0 Å². The Balaban J connectivity index is 1.71. The van der Waals surface area contributed by atoms with E-state index in [4.69, 9.17) is 0 Å². The Labute approximate surface area is 117 Å². The summed E-state index contributed by atoms with van der Waals surface area (Å²) in [6.07, 6.45) is 2.49. The lowest BCUT2D eigenvalue weighted by Gasteiger charge is -2.25. The van der Waals surface area contributed by atoms with Crippen LogP contribution in [-0.4, -0.2) is 12.3 Å². The molecule has 1 N–H and O–H groups in total. The maximum Gasteiger partial charge on any atom is 0.154 e.